The molecule has 0 bridgehead atoms. The van der Waals surface area contributed by atoms with Crippen molar-refractivity contribution in [1.82, 2.24) is 15.2 Å². The number of nitrogens with zero attached hydrogens (tertiary/aromatic N) is 3. The monoisotopic (exact) mass is 370 g/mol. The van der Waals surface area contributed by atoms with Crippen molar-refractivity contribution in [3.63, 3.8) is 0 Å². The van der Waals surface area contributed by atoms with Crippen molar-refractivity contribution in [1.29, 1.82) is 0 Å². The van der Waals surface area contributed by atoms with Gasteiger partial charge >= 0.3 is 0 Å². The third-order valence-electron chi connectivity index (χ3n) is 4.55. The van der Waals surface area contributed by atoms with E-state index in [-0.39, 0.29) is 18.1 Å². The number of nitrogens with one attached hydrogen (secondary N) is 1. The maximum Gasteiger partial charge on any atom is 0.231 e. The minimum Gasteiger partial charge on any atom is -0.309 e. The summed E-state index contributed by atoms with van der Waals surface area (Å²) in [5.41, 5.74) is 3.63. The van der Waals surface area contributed by atoms with Gasteiger partial charge in [-0.3, -0.25) is 9.78 Å². The molecule has 2 unspecified atom stereocenters. The van der Waals surface area contributed by atoms with Crippen molar-refractivity contribution < 1.29 is 9.18 Å². The fraction of sp³-hybridized carbons (Fsp3) is 0.263. The molecule has 0 aliphatic heterocycles. The highest BCUT2D eigenvalue weighted by Gasteiger charge is 2.43. The van der Waals surface area contributed by atoms with E-state index >= 15 is 0 Å². The second-order valence-corrected chi connectivity index (χ2v) is 6.77. The van der Waals surface area contributed by atoms with Crippen LogP contribution in [-0.4, -0.2) is 27.3 Å². The fourth-order valence-electron chi connectivity index (χ4n) is 2.98. The average molecular weight is 371 g/mol. The molecule has 4 rings (SSSR count). The van der Waals surface area contributed by atoms with E-state index in [1.54, 1.807) is 12.3 Å². The molecule has 1 N–H and O–H groups in total. The predicted molar refractivity (Wildman–Crippen MR) is 98.8 cm³/mol. The SMILES string of the molecule is CCc1ccncc1-c1cc(Cl)c2nnc(NC(=O)C3CC3F)cc2c1. The lowest BCUT2D eigenvalue weighted by Gasteiger charge is -2.10. The Bertz CT molecular complexity index is 1010. The molecule has 5 nitrogen and oxygen atoms in total. The van der Waals surface area contributed by atoms with Crippen LogP contribution in [0, 0.1) is 5.92 Å². The Labute approximate surface area is 154 Å². The smallest absolute Gasteiger partial charge is 0.231 e. The molecule has 26 heavy (non-hydrogen) atoms. The van der Waals surface area contributed by atoms with Crippen molar-refractivity contribution in [2.45, 2.75) is 25.9 Å². The zero-order valence-electron chi connectivity index (χ0n) is 14.0. The molecule has 2 atom stereocenters. The molecular formula is C19H16ClFN4O. The quantitative estimate of drug-likeness (QED) is 0.747. The van der Waals surface area contributed by atoms with E-state index in [1.807, 2.05) is 24.4 Å². The molecule has 0 spiro atoms. The molecule has 2 aromatic heterocycles. The van der Waals surface area contributed by atoms with Crippen LogP contribution in [0.15, 0.2) is 36.7 Å². The molecule has 7 heteroatoms. The average Bonchev–Trinajstić information content (AvgIpc) is 3.38. The number of aromatic nitrogens is 3. The number of pyridine rings is 1. The summed E-state index contributed by atoms with van der Waals surface area (Å²) in [4.78, 5) is 16.1. The Morgan fingerprint density at radius 1 is 1.35 bits per heavy atom. The zero-order valence-corrected chi connectivity index (χ0v) is 14.8. The summed E-state index contributed by atoms with van der Waals surface area (Å²) in [6.45, 7) is 2.08. The van der Waals surface area contributed by atoms with Crippen LogP contribution >= 0.6 is 11.6 Å². The number of benzene rings is 1. The highest BCUT2D eigenvalue weighted by molar-refractivity contribution is 6.35. The topological polar surface area (TPSA) is 67.8 Å². The molecular weight excluding hydrogens is 355 g/mol. The van der Waals surface area contributed by atoms with Gasteiger partial charge in [0.2, 0.25) is 5.91 Å². The van der Waals surface area contributed by atoms with Gasteiger partial charge in [-0.25, -0.2) is 4.39 Å². The van der Waals surface area contributed by atoms with E-state index < -0.39 is 12.1 Å². The first kappa shape index (κ1) is 16.8. The van der Waals surface area contributed by atoms with E-state index in [0.717, 1.165) is 28.5 Å². The van der Waals surface area contributed by atoms with Crippen molar-refractivity contribution >= 4 is 34.2 Å². The lowest BCUT2D eigenvalue weighted by atomic mass is 9.99. The van der Waals surface area contributed by atoms with Crippen LogP contribution in [-0.2, 0) is 11.2 Å². The van der Waals surface area contributed by atoms with Crippen molar-refractivity contribution in [2.75, 3.05) is 5.32 Å². The Hall–Kier alpha value is -2.60. The predicted octanol–water partition coefficient (Wildman–Crippen LogP) is 4.20. The summed E-state index contributed by atoms with van der Waals surface area (Å²) < 4.78 is 13.0. The van der Waals surface area contributed by atoms with E-state index in [9.17, 15) is 9.18 Å². The number of fused-ring (bicyclic) bond motifs is 1. The molecule has 1 amide bonds. The molecule has 3 aromatic rings. The Morgan fingerprint density at radius 2 is 2.15 bits per heavy atom. The number of halogens is 2. The second-order valence-electron chi connectivity index (χ2n) is 6.36. The molecule has 1 saturated carbocycles. The van der Waals surface area contributed by atoms with Gasteiger partial charge in [0.05, 0.1) is 10.9 Å². The van der Waals surface area contributed by atoms with E-state index in [1.165, 1.54) is 0 Å². The largest absolute Gasteiger partial charge is 0.309 e. The summed E-state index contributed by atoms with van der Waals surface area (Å²) in [5, 5.41) is 11.9. The van der Waals surface area contributed by atoms with Crippen molar-refractivity contribution in [3.8, 4) is 11.1 Å². The first-order valence-electron chi connectivity index (χ1n) is 8.42. The maximum absolute atomic E-state index is 13.0. The number of hydrogen-bond acceptors (Lipinski definition) is 4. The third-order valence-corrected chi connectivity index (χ3v) is 4.83. The van der Waals surface area contributed by atoms with Crippen LogP contribution in [0.4, 0.5) is 10.2 Å². The van der Waals surface area contributed by atoms with Gasteiger partial charge in [-0.05, 0) is 48.2 Å². The van der Waals surface area contributed by atoms with Gasteiger partial charge in [0.15, 0.2) is 5.82 Å². The molecule has 132 valence electrons. The standard InChI is InChI=1S/C19H16ClFN4O/c1-2-10-3-4-22-9-14(10)11-5-12-7-17(23-19(26)13-8-16(13)21)24-25-18(12)15(20)6-11/h3-7,9,13,16H,2,8H2,1H3,(H,23,24,26). The Kier molecular flexibility index (Phi) is 4.28. The number of hydrogen-bond donors (Lipinski definition) is 1. The van der Waals surface area contributed by atoms with Crippen molar-refractivity contribution in [3.05, 3.63) is 47.2 Å². The number of aryl methyl sites for hydroxylation is 1. The number of alkyl halides is 1. The van der Waals surface area contributed by atoms with Crippen LogP contribution < -0.4 is 5.32 Å². The van der Waals surface area contributed by atoms with Gasteiger partial charge in [-0.1, -0.05) is 18.5 Å². The molecule has 1 aromatic carbocycles. The molecule has 0 saturated heterocycles. The summed E-state index contributed by atoms with van der Waals surface area (Å²) >= 11 is 6.39. The minimum absolute atomic E-state index is 0.267. The van der Waals surface area contributed by atoms with Crippen molar-refractivity contribution in [2.24, 2.45) is 5.92 Å². The van der Waals surface area contributed by atoms with Gasteiger partial charge in [0.25, 0.3) is 0 Å². The van der Waals surface area contributed by atoms with Crippen LogP contribution in [0.25, 0.3) is 22.0 Å². The third kappa shape index (κ3) is 3.12. The highest BCUT2D eigenvalue weighted by atomic mass is 35.5. The van der Waals surface area contributed by atoms with Crippen LogP contribution in [0.1, 0.15) is 18.9 Å². The first-order valence-corrected chi connectivity index (χ1v) is 8.79. The number of carbonyl (C=O) groups is 1. The second kappa shape index (κ2) is 6.61. The highest BCUT2D eigenvalue weighted by Crippen LogP contribution is 2.35. The van der Waals surface area contributed by atoms with Crippen LogP contribution in [0.3, 0.4) is 0 Å². The first-order chi connectivity index (χ1) is 12.6. The number of carbonyl (C=O) groups excluding carboxylic acids is 1. The Balaban J connectivity index is 1.73. The summed E-state index contributed by atoms with van der Waals surface area (Å²) in [6.07, 6.45) is 3.66. The van der Waals surface area contributed by atoms with E-state index in [4.69, 9.17) is 11.6 Å². The van der Waals surface area contributed by atoms with E-state index in [0.29, 0.717) is 10.5 Å². The molecule has 2 heterocycles. The normalized spacial score (nSPS) is 18.7. The molecule has 1 fully saturated rings. The van der Waals surface area contributed by atoms with Crippen LogP contribution in [0.5, 0.6) is 0 Å². The van der Waals surface area contributed by atoms with Crippen LogP contribution in [0.2, 0.25) is 5.02 Å². The van der Waals surface area contributed by atoms with E-state index in [2.05, 4.69) is 27.4 Å². The van der Waals surface area contributed by atoms with Gasteiger partial charge in [-0.15, -0.1) is 10.2 Å². The zero-order chi connectivity index (χ0) is 18.3. The summed E-state index contributed by atoms with van der Waals surface area (Å²) in [6, 6.07) is 7.46. The Morgan fingerprint density at radius 3 is 2.88 bits per heavy atom. The van der Waals surface area contributed by atoms with Gasteiger partial charge in [0.1, 0.15) is 11.7 Å². The molecule has 0 radical (unpaired) electrons. The summed E-state index contributed by atoms with van der Waals surface area (Å²) in [5.74, 6) is -0.657. The molecule has 1 aliphatic rings. The van der Waals surface area contributed by atoms with Gasteiger partial charge in [0, 0.05) is 23.3 Å². The number of amides is 1. The fourth-order valence-corrected chi connectivity index (χ4v) is 3.24. The van der Waals surface area contributed by atoms with Gasteiger partial charge < -0.3 is 5.32 Å². The number of anilines is 1. The number of rotatable bonds is 4. The maximum atomic E-state index is 13.0. The lowest BCUT2D eigenvalue weighted by Crippen LogP contribution is -2.16. The minimum atomic E-state index is -1.05. The van der Waals surface area contributed by atoms with Gasteiger partial charge in [-0.2, -0.15) is 0 Å². The summed E-state index contributed by atoms with van der Waals surface area (Å²) in [7, 11) is 0. The lowest BCUT2D eigenvalue weighted by molar-refractivity contribution is -0.117. The molecule has 1 aliphatic carbocycles.